The summed E-state index contributed by atoms with van der Waals surface area (Å²) >= 11 is 1.63. The smallest absolute Gasteiger partial charge is 0.341 e. The normalized spacial score (nSPS) is 20.2. The van der Waals surface area contributed by atoms with Gasteiger partial charge in [0.25, 0.3) is 0 Å². The third kappa shape index (κ3) is 5.21. The largest absolute Gasteiger partial charge is 0.477 e. The minimum absolute atomic E-state index is 0.00673. The molecule has 0 atom stereocenters. The zero-order valence-corrected chi connectivity index (χ0v) is 22.8. The number of ether oxygens (including phenoxy) is 1. The summed E-state index contributed by atoms with van der Waals surface area (Å²) in [6, 6.07) is 15.7. The molecule has 0 radical (unpaired) electrons. The molecule has 9 heteroatoms. The Balaban J connectivity index is 1.34. The number of rotatable bonds is 6. The second-order valence-electron chi connectivity index (χ2n) is 10.7. The van der Waals surface area contributed by atoms with Crippen molar-refractivity contribution in [3.05, 3.63) is 60.3 Å². The quantitative estimate of drug-likeness (QED) is 0.311. The summed E-state index contributed by atoms with van der Waals surface area (Å²) in [6.07, 6.45) is 6.53. The third-order valence-electron chi connectivity index (χ3n) is 7.98. The lowest BCUT2D eigenvalue weighted by atomic mass is 9.82. The number of benzene rings is 2. The molecule has 0 spiro atoms. The minimum Gasteiger partial charge on any atom is -0.477 e. The van der Waals surface area contributed by atoms with Crippen LogP contribution in [0.3, 0.4) is 0 Å². The maximum Gasteiger partial charge on any atom is 0.341 e. The second kappa shape index (κ2) is 10.9. The highest BCUT2D eigenvalue weighted by Crippen LogP contribution is 2.35. The molecule has 8 nitrogen and oxygen atoms in total. The average Bonchev–Trinajstić information content (AvgIpc) is 3.60. The van der Waals surface area contributed by atoms with Gasteiger partial charge in [0.05, 0.1) is 15.9 Å². The first-order valence-corrected chi connectivity index (χ1v) is 14.5. The van der Waals surface area contributed by atoms with E-state index in [9.17, 15) is 14.7 Å². The number of para-hydroxylation sites is 1. The zero-order valence-electron chi connectivity index (χ0n) is 22.0. The molecule has 6 rings (SSSR count). The standard InChI is InChI=1S/C30H32N4O4S/c1-19-6-8-21(9-7-19)29(35)34(23-14-16-38-17-15-23)27-24(30(36)37)18-33(32-27)22-12-10-20(11-13-22)28-31-25-4-2-3-5-26(25)39-28/h2-5,10-13,18-19,21,23H,6-9,14-17H2,1H3,(H,36,37)/t19-,21-. The number of thiazole rings is 1. The molecule has 2 aromatic heterocycles. The highest BCUT2D eigenvalue weighted by atomic mass is 32.1. The fraction of sp³-hybridized carbons (Fsp3) is 0.400. The van der Waals surface area contributed by atoms with Crippen molar-refractivity contribution in [1.82, 2.24) is 14.8 Å². The van der Waals surface area contributed by atoms with Crippen LogP contribution in [0.25, 0.3) is 26.5 Å². The van der Waals surface area contributed by atoms with Gasteiger partial charge in [0.15, 0.2) is 5.82 Å². The predicted molar refractivity (Wildman–Crippen MR) is 152 cm³/mol. The van der Waals surface area contributed by atoms with Gasteiger partial charge in [0, 0.05) is 36.9 Å². The SMILES string of the molecule is C[C@H]1CC[C@H](C(=O)N(c2nn(-c3ccc(-c4nc5ccccc5s4)cc3)cc2C(=O)O)C2CCOCC2)CC1. The van der Waals surface area contributed by atoms with Crippen LogP contribution in [-0.2, 0) is 9.53 Å². The van der Waals surface area contributed by atoms with Gasteiger partial charge < -0.3 is 9.84 Å². The van der Waals surface area contributed by atoms with E-state index in [-0.39, 0.29) is 29.2 Å². The van der Waals surface area contributed by atoms with Gasteiger partial charge in [-0.25, -0.2) is 14.5 Å². The van der Waals surface area contributed by atoms with E-state index in [1.807, 2.05) is 42.5 Å². The molecule has 1 aliphatic heterocycles. The van der Waals surface area contributed by atoms with Crippen molar-refractivity contribution in [3.63, 3.8) is 0 Å². The van der Waals surface area contributed by atoms with E-state index in [1.54, 1.807) is 20.9 Å². The van der Waals surface area contributed by atoms with Crippen LogP contribution < -0.4 is 4.90 Å². The van der Waals surface area contributed by atoms with E-state index in [0.29, 0.717) is 32.0 Å². The van der Waals surface area contributed by atoms with Crippen LogP contribution in [0.2, 0.25) is 0 Å². The lowest BCUT2D eigenvalue weighted by Crippen LogP contribution is -2.47. The van der Waals surface area contributed by atoms with E-state index >= 15 is 0 Å². The summed E-state index contributed by atoms with van der Waals surface area (Å²) in [5.74, 6) is -0.362. The number of fused-ring (bicyclic) bond motifs is 1. The number of aromatic carboxylic acids is 1. The molecule has 0 bridgehead atoms. The van der Waals surface area contributed by atoms with Gasteiger partial charge in [-0.05, 0) is 80.8 Å². The number of carboxylic acids is 1. The van der Waals surface area contributed by atoms with Gasteiger partial charge in [-0.3, -0.25) is 9.69 Å². The number of aromatic nitrogens is 3. The van der Waals surface area contributed by atoms with Crippen molar-refractivity contribution in [2.45, 2.75) is 51.5 Å². The number of amides is 1. The molecular formula is C30H32N4O4S. The Labute approximate surface area is 231 Å². The Kier molecular flexibility index (Phi) is 7.18. The van der Waals surface area contributed by atoms with Crippen LogP contribution in [0.5, 0.6) is 0 Å². The Morgan fingerprint density at radius 2 is 1.72 bits per heavy atom. The Hall–Kier alpha value is -3.56. The lowest BCUT2D eigenvalue weighted by molar-refractivity contribution is -0.124. The van der Waals surface area contributed by atoms with Crippen molar-refractivity contribution in [1.29, 1.82) is 0 Å². The van der Waals surface area contributed by atoms with Gasteiger partial charge in [-0.15, -0.1) is 16.4 Å². The van der Waals surface area contributed by atoms with Gasteiger partial charge in [-0.1, -0.05) is 19.1 Å². The number of hydrogen-bond donors (Lipinski definition) is 1. The van der Waals surface area contributed by atoms with Gasteiger partial charge >= 0.3 is 5.97 Å². The summed E-state index contributed by atoms with van der Waals surface area (Å²) in [5, 5.41) is 15.8. The Morgan fingerprint density at radius 1 is 1.00 bits per heavy atom. The molecular weight excluding hydrogens is 512 g/mol. The molecule has 2 fully saturated rings. The Bertz CT molecular complexity index is 1450. The average molecular weight is 545 g/mol. The topological polar surface area (TPSA) is 97.6 Å². The number of carbonyl (C=O) groups excluding carboxylic acids is 1. The van der Waals surface area contributed by atoms with Gasteiger partial charge in [0.1, 0.15) is 10.6 Å². The summed E-state index contributed by atoms with van der Waals surface area (Å²) in [7, 11) is 0. The first-order chi connectivity index (χ1) is 19.0. The Morgan fingerprint density at radius 3 is 2.41 bits per heavy atom. The lowest BCUT2D eigenvalue weighted by Gasteiger charge is -2.37. The van der Waals surface area contributed by atoms with Crippen LogP contribution in [0.15, 0.2) is 54.7 Å². The first-order valence-electron chi connectivity index (χ1n) is 13.7. The summed E-state index contributed by atoms with van der Waals surface area (Å²) < 4.78 is 8.26. The summed E-state index contributed by atoms with van der Waals surface area (Å²) in [5.41, 5.74) is 2.71. The number of nitrogens with zero attached hydrogens (tertiary/aromatic N) is 4. The molecule has 1 saturated carbocycles. The van der Waals surface area contributed by atoms with Crippen molar-refractivity contribution in [2.75, 3.05) is 18.1 Å². The maximum atomic E-state index is 13.9. The van der Waals surface area contributed by atoms with E-state index < -0.39 is 5.97 Å². The van der Waals surface area contributed by atoms with E-state index in [2.05, 4.69) is 13.0 Å². The number of anilines is 1. The molecule has 1 N–H and O–H groups in total. The van der Waals surface area contributed by atoms with Crippen LogP contribution in [-0.4, -0.2) is 51.0 Å². The molecule has 1 saturated heterocycles. The summed E-state index contributed by atoms with van der Waals surface area (Å²) in [4.78, 5) is 32.8. The van der Waals surface area contributed by atoms with E-state index in [1.165, 1.54) is 6.20 Å². The monoisotopic (exact) mass is 544 g/mol. The van der Waals surface area contributed by atoms with Crippen LogP contribution in [0.4, 0.5) is 5.82 Å². The number of carbonyl (C=O) groups is 2. The third-order valence-corrected chi connectivity index (χ3v) is 9.07. The van der Waals surface area contributed by atoms with Gasteiger partial charge in [0.2, 0.25) is 5.91 Å². The number of hydrogen-bond acceptors (Lipinski definition) is 6. The molecule has 2 aromatic carbocycles. The molecule has 2 aliphatic rings. The fourth-order valence-electron chi connectivity index (χ4n) is 5.68. The molecule has 3 heterocycles. The van der Waals surface area contributed by atoms with Crippen molar-refractivity contribution in [3.8, 4) is 16.3 Å². The molecule has 1 aliphatic carbocycles. The molecule has 39 heavy (non-hydrogen) atoms. The van der Waals surface area contributed by atoms with Crippen LogP contribution in [0.1, 0.15) is 55.8 Å². The molecule has 202 valence electrons. The van der Waals surface area contributed by atoms with E-state index in [0.717, 1.165) is 52.2 Å². The predicted octanol–water partition coefficient (Wildman–Crippen LogP) is 6.19. The molecule has 0 unspecified atom stereocenters. The van der Waals surface area contributed by atoms with Crippen molar-refractivity contribution < 1.29 is 19.4 Å². The second-order valence-corrected chi connectivity index (χ2v) is 11.7. The van der Waals surface area contributed by atoms with Crippen LogP contribution in [0, 0.1) is 11.8 Å². The van der Waals surface area contributed by atoms with Crippen molar-refractivity contribution >= 4 is 39.2 Å². The fourth-order valence-corrected chi connectivity index (χ4v) is 6.65. The first kappa shape index (κ1) is 25.7. The highest BCUT2D eigenvalue weighted by molar-refractivity contribution is 7.21. The van der Waals surface area contributed by atoms with E-state index in [4.69, 9.17) is 14.8 Å². The van der Waals surface area contributed by atoms with Gasteiger partial charge in [-0.2, -0.15) is 0 Å². The summed E-state index contributed by atoms with van der Waals surface area (Å²) in [6.45, 7) is 3.32. The number of carboxylic acid groups (broad SMARTS) is 1. The molecule has 4 aromatic rings. The minimum atomic E-state index is -1.09. The maximum absolute atomic E-state index is 13.9. The zero-order chi connectivity index (χ0) is 26.9. The van der Waals surface area contributed by atoms with Crippen molar-refractivity contribution in [2.24, 2.45) is 11.8 Å². The van der Waals surface area contributed by atoms with Crippen LogP contribution >= 0.6 is 11.3 Å². The molecule has 1 amide bonds. The highest BCUT2D eigenvalue weighted by Gasteiger charge is 2.37.